The van der Waals surface area contributed by atoms with Crippen LogP contribution in [-0.4, -0.2) is 67.2 Å². The van der Waals surface area contributed by atoms with Gasteiger partial charge in [0.2, 0.25) is 0 Å². The highest BCUT2D eigenvalue weighted by molar-refractivity contribution is 6.31. The van der Waals surface area contributed by atoms with Gasteiger partial charge in [0, 0.05) is 50.4 Å². The Labute approximate surface area is 176 Å². The summed E-state index contributed by atoms with van der Waals surface area (Å²) in [6.07, 6.45) is 2.43. The van der Waals surface area contributed by atoms with E-state index in [4.69, 9.17) is 16.3 Å². The van der Waals surface area contributed by atoms with Gasteiger partial charge in [-0.1, -0.05) is 11.6 Å². The minimum atomic E-state index is -0.0550. The first kappa shape index (κ1) is 19.8. The molecular formula is C21H26ClN5O2. The third kappa shape index (κ3) is 4.24. The first-order valence-corrected chi connectivity index (χ1v) is 10.4. The van der Waals surface area contributed by atoms with Crippen molar-refractivity contribution in [2.75, 3.05) is 56.2 Å². The zero-order chi connectivity index (χ0) is 20.4. The molecule has 1 aromatic heterocycles. The SMILES string of the molecule is COc1ccc(Cl)cc1C(=O)N1CCN(c2cc(N3CCCC3)nc(C)n2)CC1. The van der Waals surface area contributed by atoms with Gasteiger partial charge < -0.3 is 19.4 Å². The lowest BCUT2D eigenvalue weighted by Crippen LogP contribution is -2.49. The van der Waals surface area contributed by atoms with Gasteiger partial charge in [-0.25, -0.2) is 9.97 Å². The van der Waals surface area contributed by atoms with Gasteiger partial charge in [-0.3, -0.25) is 4.79 Å². The van der Waals surface area contributed by atoms with Gasteiger partial charge in [0.15, 0.2) is 0 Å². The predicted molar refractivity (Wildman–Crippen MR) is 114 cm³/mol. The van der Waals surface area contributed by atoms with Crippen LogP contribution in [0.4, 0.5) is 11.6 Å². The summed E-state index contributed by atoms with van der Waals surface area (Å²) >= 11 is 6.09. The van der Waals surface area contributed by atoms with E-state index >= 15 is 0 Å². The number of aromatic nitrogens is 2. The number of hydrogen-bond acceptors (Lipinski definition) is 6. The average Bonchev–Trinajstić information content (AvgIpc) is 3.28. The van der Waals surface area contributed by atoms with Crippen LogP contribution in [0.5, 0.6) is 5.75 Å². The number of amides is 1. The second kappa shape index (κ2) is 8.45. The summed E-state index contributed by atoms with van der Waals surface area (Å²) in [5.74, 6) is 3.22. The molecule has 0 spiro atoms. The molecule has 2 fully saturated rings. The monoisotopic (exact) mass is 415 g/mol. The van der Waals surface area contributed by atoms with Gasteiger partial charge in [-0.2, -0.15) is 0 Å². The quantitative estimate of drug-likeness (QED) is 0.765. The van der Waals surface area contributed by atoms with Crippen molar-refractivity contribution in [3.63, 3.8) is 0 Å². The van der Waals surface area contributed by atoms with Crippen LogP contribution in [0.3, 0.4) is 0 Å². The molecule has 3 heterocycles. The Bertz CT molecular complexity index is 893. The zero-order valence-corrected chi connectivity index (χ0v) is 17.7. The maximum absolute atomic E-state index is 13.0. The number of carbonyl (C=O) groups is 1. The minimum Gasteiger partial charge on any atom is -0.496 e. The highest BCUT2D eigenvalue weighted by Crippen LogP contribution is 2.26. The minimum absolute atomic E-state index is 0.0550. The van der Waals surface area contributed by atoms with E-state index in [-0.39, 0.29) is 5.91 Å². The first-order valence-electron chi connectivity index (χ1n) is 10.0. The molecule has 29 heavy (non-hydrogen) atoms. The smallest absolute Gasteiger partial charge is 0.257 e. The molecule has 0 unspecified atom stereocenters. The number of rotatable bonds is 4. The van der Waals surface area contributed by atoms with E-state index in [0.717, 1.165) is 43.6 Å². The second-order valence-electron chi connectivity index (χ2n) is 7.45. The topological polar surface area (TPSA) is 61.8 Å². The van der Waals surface area contributed by atoms with Crippen LogP contribution in [0.15, 0.2) is 24.3 Å². The summed E-state index contributed by atoms with van der Waals surface area (Å²) in [4.78, 5) is 28.7. The lowest BCUT2D eigenvalue weighted by molar-refractivity contribution is 0.0743. The summed E-state index contributed by atoms with van der Waals surface area (Å²) in [7, 11) is 1.56. The van der Waals surface area contributed by atoms with E-state index < -0.39 is 0 Å². The fraction of sp³-hybridized carbons (Fsp3) is 0.476. The van der Waals surface area contributed by atoms with E-state index in [9.17, 15) is 4.79 Å². The van der Waals surface area contributed by atoms with Gasteiger partial charge in [0.1, 0.15) is 23.2 Å². The van der Waals surface area contributed by atoms with E-state index in [0.29, 0.717) is 29.4 Å². The van der Waals surface area contributed by atoms with Gasteiger partial charge in [0.05, 0.1) is 12.7 Å². The van der Waals surface area contributed by atoms with Gasteiger partial charge in [-0.05, 0) is 38.0 Å². The number of piperazine rings is 1. The molecular weight excluding hydrogens is 390 g/mol. The Morgan fingerprint density at radius 2 is 1.59 bits per heavy atom. The van der Waals surface area contributed by atoms with Crippen molar-refractivity contribution in [2.24, 2.45) is 0 Å². The highest BCUT2D eigenvalue weighted by atomic mass is 35.5. The van der Waals surface area contributed by atoms with Crippen molar-refractivity contribution in [1.82, 2.24) is 14.9 Å². The number of nitrogens with zero attached hydrogens (tertiary/aromatic N) is 5. The van der Waals surface area contributed by atoms with Gasteiger partial charge >= 0.3 is 0 Å². The van der Waals surface area contributed by atoms with Gasteiger partial charge in [0.25, 0.3) is 5.91 Å². The third-order valence-electron chi connectivity index (χ3n) is 5.52. The number of ether oxygens (including phenoxy) is 1. The normalized spacial score (nSPS) is 17.0. The maximum Gasteiger partial charge on any atom is 0.257 e. The molecule has 7 nitrogen and oxygen atoms in total. The second-order valence-corrected chi connectivity index (χ2v) is 7.89. The molecule has 0 aliphatic carbocycles. The molecule has 0 saturated carbocycles. The lowest BCUT2D eigenvalue weighted by atomic mass is 10.1. The molecule has 2 aliphatic heterocycles. The van der Waals surface area contributed by atoms with Crippen LogP contribution in [0.2, 0.25) is 5.02 Å². The maximum atomic E-state index is 13.0. The number of benzene rings is 1. The molecule has 1 amide bonds. The van der Waals surface area contributed by atoms with Crippen molar-refractivity contribution >= 4 is 29.1 Å². The number of anilines is 2. The first-order chi connectivity index (χ1) is 14.0. The summed E-state index contributed by atoms with van der Waals surface area (Å²) in [6.45, 7) is 6.75. The highest BCUT2D eigenvalue weighted by Gasteiger charge is 2.26. The van der Waals surface area contributed by atoms with Crippen molar-refractivity contribution < 1.29 is 9.53 Å². The van der Waals surface area contributed by atoms with E-state index in [1.165, 1.54) is 12.8 Å². The number of hydrogen-bond donors (Lipinski definition) is 0. The van der Waals surface area contributed by atoms with Crippen molar-refractivity contribution in [3.05, 3.63) is 40.7 Å². The van der Waals surface area contributed by atoms with Crippen LogP contribution < -0.4 is 14.5 Å². The molecule has 0 N–H and O–H groups in total. The van der Waals surface area contributed by atoms with Crippen molar-refractivity contribution in [3.8, 4) is 5.75 Å². The Kier molecular flexibility index (Phi) is 5.76. The fourth-order valence-electron chi connectivity index (χ4n) is 3.96. The van der Waals surface area contributed by atoms with Crippen LogP contribution in [0.1, 0.15) is 29.0 Å². The zero-order valence-electron chi connectivity index (χ0n) is 16.9. The molecule has 154 valence electrons. The van der Waals surface area contributed by atoms with E-state index in [1.54, 1.807) is 25.3 Å². The number of carbonyl (C=O) groups excluding carboxylic acids is 1. The lowest BCUT2D eigenvalue weighted by Gasteiger charge is -2.36. The molecule has 1 aromatic carbocycles. The summed E-state index contributed by atoms with van der Waals surface area (Å²) in [5, 5.41) is 0.527. The summed E-state index contributed by atoms with van der Waals surface area (Å²) in [6, 6.07) is 7.21. The molecule has 2 saturated heterocycles. The van der Waals surface area contributed by atoms with Crippen LogP contribution in [-0.2, 0) is 0 Å². The third-order valence-corrected chi connectivity index (χ3v) is 5.76. The van der Waals surface area contributed by atoms with E-state index in [2.05, 4.69) is 25.8 Å². The van der Waals surface area contributed by atoms with Crippen LogP contribution in [0.25, 0.3) is 0 Å². The molecule has 0 atom stereocenters. The van der Waals surface area contributed by atoms with Crippen LogP contribution in [0, 0.1) is 6.92 Å². The fourth-order valence-corrected chi connectivity index (χ4v) is 4.14. The number of aryl methyl sites for hydroxylation is 1. The van der Waals surface area contributed by atoms with Gasteiger partial charge in [-0.15, -0.1) is 0 Å². The largest absolute Gasteiger partial charge is 0.496 e. The van der Waals surface area contributed by atoms with E-state index in [1.807, 2.05) is 11.8 Å². The van der Waals surface area contributed by atoms with Crippen LogP contribution >= 0.6 is 11.6 Å². The predicted octanol–water partition coefficient (Wildman–Crippen LogP) is 3.01. The van der Waals surface area contributed by atoms with Crippen molar-refractivity contribution in [2.45, 2.75) is 19.8 Å². The molecule has 0 radical (unpaired) electrons. The summed E-state index contributed by atoms with van der Waals surface area (Å²) < 4.78 is 5.34. The average molecular weight is 416 g/mol. The Balaban J connectivity index is 1.46. The summed E-state index contributed by atoms with van der Waals surface area (Å²) in [5.41, 5.74) is 0.502. The molecule has 4 rings (SSSR count). The molecule has 0 bridgehead atoms. The Hall–Kier alpha value is -2.54. The molecule has 8 heteroatoms. The Morgan fingerprint density at radius 3 is 2.21 bits per heavy atom. The number of methoxy groups -OCH3 is 1. The standard InChI is InChI=1S/C21H26ClN5O2/c1-15-23-19(25-7-3-4-8-25)14-20(24-15)26-9-11-27(12-10-26)21(28)17-13-16(22)5-6-18(17)29-2/h5-6,13-14H,3-4,7-12H2,1-2H3. The van der Waals surface area contributed by atoms with Crippen molar-refractivity contribution in [1.29, 1.82) is 0 Å². The number of halogens is 1. The Morgan fingerprint density at radius 1 is 0.966 bits per heavy atom. The molecule has 2 aliphatic rings. The molecule has 2 aromatic rings.